The third kappa shape index (κ3) is 3.70. The fourth-order valence-corrected chi connectivity index (χ4v) is 2.41. The van der Waals surface area contributed by atoms with Crippen LogP contribution in [0.5, 0.6) is 5.75 Å². The smallest absolute Gasteiger partial charge is 0.227 e. The molecule has 0 saturated carbocycles. The molecule has 0 aromatic heterocycles. The summed E-state index contributed by atoms with van der Waals surface area (Å²) in [5, 5.41) is 0. The standard InChI is InChI=1S/C15H21NO3/c1-11-9-16(10-12(2)19-11)15(17)8-13-4-6-14(18-3)7-5-13/h4-7,11-12H,8-10H2,1-3H3/t11-,12+. The largest absolute Gasteiger partial charge is 0.497 e. The van der Waals surface area contributed by atoms with Gasteiger partial charge >= 0.3 is 0 Å². The topological polar surface area (TPSA) is 38.8 Å². The van der Waals surface area contributed by atoms with Gasteiger partial charge in [0, 0.05) is 13.1 Å². The van der Waals surface area contributed by atoms with Crippen LogP contribution in [0.1, 0.15) is 19.4 Å². The maximum absolute atomic E-state index is 12.3. The highest BCUT2D eigenvalue weighted by Crippen LogP contribution is 2.15. The molecule has 0 N–H and O–H groups in total. The zero-order valence-electron chi connectivity index (χ0n) is 11.8. The van der Waals surface area contributed by atoms with Gasteiger partial charge in [-0.15, -0.1) is 0 Å². The van der Waals surface area contributed by atoms with E-state index in [1.807, 2.05) is 43.0 Å². The lowest BCUT2D eigenvalue weighted by atomic mass is 10.1. The number of methoxy groups -OCH3 is 1. The van der Waals surface area contributed by atoms with Crippen LogP contribution in [0.4, 0.5) is 0 Å². The number of amides is 1. The van der Waals surface area contributed by atoms with E-state index in [-0.39, 0.29) is 18.1 Å². The lowest BCUT2D eigenvalue weighted by Gasteiger charge is -2.35. The van der Waals surface area contributed by atoms with E-state index in [2.05, 4.69) is 0 Å². The van der Waals surface area contributed by atoms with Crippen LogP contribution in [0.25, 0.3) is 0 Å². The summed E-state index contributed by atoms with van der Waals surface area (Å²) >= 11 is 0. The Balaban J connectivity index is 1.96. The van der Waals surface area contributed by atoms with Crippen molar-refractivity contribution in [1.29, 1.82) is 0 Å². The molecule has 1 aromatic carbocycles. The minimum absolute atomic E-state index is 0.114. The van der Waals surface area contributed by atoms with Gasteiger partial charge in [-0.1, -0.05) is 12.1 Å². The third-order valence-electron chi connectivity index (χ3n) is 3.29. The zero-order chi connectivity index (χ0) is 13.8. The van der Waals surface area contributed by atoms with Crippen LogP contribution in [0.3, 0.4) is 0 Å². The number of benzene rings is 1. The van der Waals surface area contributed by atoms with Crippen molar-refractivity contribution >= 4 is 5.91 Å². The monoisotopic (exact) mass is 263 g/mol. The van der Waals surface area contributed by atoms with E-state index < -0.39 is 0 Å². The Morgan fingerprint density at radius 2 is 1.84 bits per heavy atom. The Kier molecular flexibility index (Phi) is 4.43. The van der Waals surface area contributed by atoms with Gasteiger partial charge in [0.1, 0.15) is 5.75 Å². The van der Waals surface area contributed by atoms with Crippen LogP contribution >= 0.6 is 0 Å². The van der Waals surface area contributed by atoms with Gasteiger partial charge in [0.05, 0.1) is 25.7 Å². The van der Waals surface area contributed by atoms with E-state index in [0.29, 0.717) is 19.5 Å². The minimum atomic E-state index is 0.114. The first kappa shape index (κ1) is 13.9. The Hall–Kier alpha value is -1.55. The molecule has 1 aliphatic rings. The van der Waals surface area contributed by atoms with Crippen molar-refractivity contribution in [1.82, 2.24) is 4.90 Å². The molecule has 0 spiro atoms. The van der Waals surface area contributed by atoms with Gasteiger partial charge in [-0.05, 0) is 31.5 Å². The normalized spacial score (nSPS) is 23.2. The molecule has 1 aromatic rings. The second-order valence-electron chi connectivity index (χ2n) is 5.08. The Morgan fingerprint density at radius 3 is 2.37 bits per heavy atom. The molecule has 1 aliphatic heterocycles. The molecule has 1 amide bonds. The quantitative estimate of drug-likeness (QED) is 0.835. The molecule has 104 valence electrons. The van der Waals surface area contributed by atoms with Gasteiger partial charge in [0.25, 0.3) is 0 Å². The Labute approximate surface area is 114 Å². The van der Waals surface area contributed by atoms with Crippen molar-refractivity contribution in [2.75, 3.05) is 20.2 Å². The summed E-state index contributed by atoms with van der Waals surface area (Å²) in [6.07, 6.45) is 0.663. The molecule has 0 radical (unpaired) electrons. The number of nitrogens with zero attached hydrogens (tertiary/aromatic N) is 1. The molecule has 1 heterocycles. The van der Waals surface area contributed by atoms with Gasteiger partial charge in [-0.2, -0.15) is 0 Å². The molecule has 1 fully saturated rings. The van der Waals surface area contributed by atoms with Gasteiger partial charge in [-0.25, -0.2) is 0 Å². The summed E-state index contributed by atoms with van der Waals surface area (Å²) in [7, 11) is 1.64. The fourth-order valence-electron chi connectivity index (χ4n) is 2.41. The molecule has 0 aliphatic carbocycles. The van der Waals surface area contributed by atoms with E-state index in [0.717, 1.165) is 11.3 Å². The van der Waals surface area contributed by atoms with E-state index >= 15 is 0 Å². The first-order valence-corrected chi connectivity index (χ1v) is 6.64. The van der Waals surface area contributed by atoms with Crippen LogP contribution in [-0.4, -0.2) is 43.2 Å². The first-order chi connectivity index (χ1) is 9.08. The number of morpholine rings is 1. The second kappa shape index (κ2) is 6.06. The van der Waals surface area contributed by atoms with E-state index in [9.17, 15) is 4.79 Å². The number of carbonyl (C=O) groups is 1. The van der Waals surface area contributed by atoms with Crippen LogP contribution in [-0.2, 0) is 16.0 Å². The van der Waals surface area contributed by atoms with Crippen molar-refractivity contribution in [3.05, 3.63) is 29.8 Å². The van der Waals surface area contributed by atoms with E-state index in [1.54, 1.807) is 7.11 Å². The summed E-state index contributed by atoms with van der Waals surface area (Å²) in [5.74, 6) is 0.969. The molecule has 4 heteroatoms. The molecule has 0 bridgehead atoms. The van der Waals surface area contributed by atoms with Crippen LogP contribution < -0.4 is 4.74 Å². The number of hydrogen-bond donors (Lipinski definition) is 0. The first-order valence-electron chi connectivity index (χ1n) is 6.64. The van der Waals surface area contributed by atoms with Gasteiger partial charge in [0.15, 0.2) is 0 Å². The van der Waals surface area contributed by atoms with Crippen LogP contribution in [0.15, 0.2) is 24.3 Å². The average molecular weight is 263 g/mol. The van der Waals surface area contributed by atoms with E-state index in [4.69, 9.17) is 9.47 Å². The zero-order valence-corrected chi connectivity index (χ0v) is 11.8. The summed E-state index contributed by atoms with van der Waals surface area (Å²) in [5.41, 5.74) is 1.01. The van der Waals surface area contributed by atoms with Gasteiger partial charge in [0.2, 0.25) is 5.91 Å². The SMILES string of the molecule is COc1ccc(CC(=O)N2C[C@@H](C)O[C@@H](C)C2)cc1. The van der Waals surface area contributed by atoms with Crippen LogP contribution in [0, 0.1) is 0 Å². The lowest BCUT2D eigenvalue weighted by molar-refractivity contribution is -0.142. The summed E-state index contributed by atoms with van der Waals surface area (Å²) in [6, 6.07) is 7.63. The Bertz CT molecular complexity index is 420. The number of ether oxygens (including phenoxy) is 2. The van der Waals surface area contributed by atoms with Crippen molar-refractivity contribution in [2.24, 2.45) is 0 Å². The molecular formula is C15H21NO3. The molecule has 4 nitrogen and oxygen atoms in total. The molecule has 1 saturated heterocycles. The fraction of sp³-hybridized carbons (Fsp3) is 0.533. The van der Waals surface area contributed by atoms with Crippen molar-refractivity contribution < 1.29 is 14.3 Å². The maximum atomic E-state index is 12.3. The van der Waals surface area contributed by atoms with Crippen LogP contribution in [0.2, 0.25) is 0 Å². The van der Waals surface area contributed by atoms with Crippen molar-refractivity contribution in [3.8, 4) is 5.75 Å². The lowest BCUT2D eigenvalue weighted by Crippen LogP contribution is -2.48. The average Bonchev–Trinajstić information content (AvgIpc) is 2.38. The van der Waals surface area contributed by atoms with E-state index in [1.165, 1.54) is 0 Å². The Morgan fingerprint density at radius 1 is 1.26 bits per heavy atom. The molecule has 19 heavy (non-hydrogen) atoms. The predicted molar refractivity (Wildman–Crippen MR) is 73.3 cm³/mol. The van der Waals surface area contributed by atoms with Crippen molar-refractivity contribution in [3.63, 3.8) is 0 Å². The molecule has 2 atom stereocenters. The van der Waals surface area contributed by atoms with Gasteiger partial charge in [-0.3, -0.25) is 4.79 Å². The van der Waals surface area contributed by atoms with Crippen molar-refractivity contribution in [2.45, 2.75) is 32.5 Å². The predicted octanol–water partition coefficient (Wildman–Crippen LogP) is 1.87. The summed E-state index contributed by atoms with van der Waals surface area (Å²) in [4.78, 5) is 14.1. The molecule has 0 unspecified atom stereocenters. The number of rotatable bonds is 3. The summed E-state index contributed by atoms with van der Waals surface area (Å²) in [6.45, 7) is 5.37. The minimum Gasteiger partial charge on any atom is -0.497 e. The highest BCUT2D eigenvalue weighted by atomic mass is 16.5. The van der Waals surface area contributed by atoms with Gasteiger partial charge < -0.3 is 14.4 Å². The third-order valence-corrected chi connectivity index (χ3v) is 3.29. The molecule has 2 rings (SSSR count). The summed E-state index contributed by atoms with van der Waals surface area (Å²) < 4.78 is 10.7. The highest BCUT2D eigenvalue weighted by molar-refractivity contribution is 5.79. The second-order valence-corrected chi connectivity index (χ2v) is 5.08. The number of hydrogen-bond acceptors (Lipinski definition) is 3. The molecular weight excluding hydrogens is 242 g/mol. The highest BCUT2D eigenvalue weighted by Gasteiger charge is 2.25. The number of carbonyl (C=O) groups excluding carboxylic acids is 1. The maximum Gasteiger partial charge on any atom is 0.227 e.